The number of phenolic OH excluding ortho intramolecular Hbond substituents is 1. The molecular formula is C15H13F2NO2. The van der Waals surface area contributed by atoms with Crippen LogP contribution in [0, 0.1) is 25.5 Å². The molecule has 0 heterocycles. The van der Waals surface area contributed by atoms with Crippen LogP contribution >= 0.6 is 0 Å². The van der Waals surface area contributed by atoms with Gasteiger partial charge in [0.05, 0.1) is 5.69 Å². The highest BCUT2D eigenvalue weighted by Crippen LogP contribution is 2.23. The summed E-state index contributed by atoms with van der Waals surface area (Å²) in [4.78, 5) is 12.0. The first kappa shape index (κ1) is 14.0. The van der Waals surface area contributed by atoms with Crippen molar-refractivity contribution in [2.75, 3.05) is 5.32 Å². The Kier molecular flexibility index (Phi) is 3.70. The molecule has 0 aliphatic rings. The van der Waals surface area contributed by atoms with Crippen molar-refractivity contribution in [2.45, 2.75) is 13.8 Å². The van der Waals surface area contributed by atoms with Gasteiger partial charge in [-0.05, 0) is 37.6 Å². The zero-order valence-electron chi connectivity index (χ0n) is 11.0. The van der Waals surface area contributed by atoms with Gasteiger partial charge in [-0.15, -0.1) is 0 Å². The predicted octanol–water partition coefficient (Wildman–Crippen LogP) is 3.54. The van der Waals surface area contributed by atoms with Gasteiger partial charge in [0.25, 0.3) is 5.91 Å². The topological polar surface area (TPSA) is 49.3 Å². The number of hydrogen-bond acceptors (Lipinski definition) is 2. The number of phenols is 1. The summed E-state index contributed by atoms with van der Waals surface area (Å²) in [7, 11) is 0. The second-order valence-corrected chi connectivity index (χ2v) is 4.49. The molecule has 20 heavy (non-hydrogen) atoms. The highest BCUT2D eigenvalue weighted by atomic mass is 19.1. The third-order valence-electron chi connectivity index (χ3n) is 3.05. The molecule has 0 atom stereocenters. The summed E-state index contributed by atoms with van der Waals surface area (Å²) in [6.07, 6.45) is 0. The molecule has 0 unspecified atom stereocenters. The second-order valence-electron chi connectivity index (χ2n) is 4.49. The van der Waals surface area contributed by atoms with Crippen molar-refractivity contribution in [2.24, 2.45) is 0 Å². The van der Waals surface area contributed by atoms with E-state index in [1.54, 1.807) is 6.92 Å². The first-order valence-corrected chi connectivity index (χ1v) is 5.95. The summed E-state index contributed by atoms with van der Waals surface area (Å²) < 4.78 is 27.1. The number of aromatic hydroxyl groups is 1. The molecule has 0 saturated heterocycles. The van der Waals surface area contributed by atoms with Gasteiger partial charge in [0.1, 0.15) is 17.4 Å². The lowest BCUT2D eigenvalue weighted by atomic mass is 10.1. The lowest BCUT2D eigenvalue weighted by molar-refractivity contribution is 0.102. The lowest BCUT2D eigenvalue weighted by Crippen LogP contribution is -2.14. The van der Waals surface area contributed by atoms with Crippen LogP contribution < -0.4 is 5.32 Å². The molecule has 0 fully saturated rings. The van der Waals surface area contributed by atoms with Gasteiger partial charge in [-0.2, -0.15) is 0 Å². The molecule has 2 N–H and O–H groups in total. The summed E-state index contributed by atoms with van der Waals surface area (Å²) in [5, 5.41) is 11.8. The fourth-order valence-electron chi connectivity index (χ4n) is 1.80. The van der Waals surface area contributed by atoms with Gasteiger partial charge >= 0.3 is 0 Å². The van der Waals surface area contributed by atoms with Gasteiger partial charge in [0, 0.05) is 17.2 Å². The van der Waals surface area contributed by atoms with E-state index >= 15 is 0 Å². The first-order valence-electron chi connectivity index (χ1n) is 5.95. The van der Waals surface area contributed by atoms with E-state index in [4.69, 9.17) is 0 Å². The van der Waals surface area contributed by atoms with Gasteiger partial charge in [-0.1, -0.05) is 6.07 Å². The fourth-order valence-corrected chi connectivity index (χ4v) is 1.80. The minimum absolute atomic E-state index is 0.0341. The minimum Gasteiger partial charge on any atom is -0.508 e. The number of benzene rings is 2. The maximum Gasteiger partial charge on any atom is 0.256 e. The van der Waals surface area contributed by atoms with Crippen molar-refractivity contribution in [3.63, 3.8) is 0 Å². The molecule has 0 bridgehead atoms. The molecule has 104 valence electrons. The number of carbonyl (C=O) groups is 1. The standard InChI is InChI=1S/C15H13F2NO2/c1-8-6-12(17)13(7-11(8)16)18-15(20)10-4-3-5-14(19)9(10)2/h3-7,19H,1-2H3,(H,18,20). The highest BCUT2D eigenvalue weighted by Gasteiger charge is 2.14. The summed E-state index contributed by atoms with van der Waals surface area (Å²) in [5.41, 5.74) is 0.498. The van der Waals surface area contributed by atoms with Gasteiger partial charge in [-0.3, -0.25) is 4.79 Å². The number of hydrogen-bond donors (Lipinski definition) is 2. The molecule has 2 aromatic carbocycles. The normalized spacial score (nSPS) is 10.4. The first-order chi connectivity index (χ1) is 9.40. The third-order valence-corrected chi connectivity index (χ3v) is 3.05. The molecule has 0 spiro atoms. The zero-order chi connectivity index (χ0) is 14.9. The minimum atomic E-state index is -0.713. The lowest BCUT2D eigenvalue weighted by Gasteiger charge is -2.10. The van der Waals surface area contributed by atoms with E-state index in [0.29, 0.717) is 5.56 Å². The maximum absolute atomic E-state index is 13.7. The molecule has 0 aliphatic carbocycles. The van der Waals surface area contributed by atoms with Crippen LogP contribution in [-0.4, -0.2) is 11.0 Å². The smallest absolute Gasteiger partial charge is 0.256 e. The Morgan fingerprint density at radius 2 is 1.85 bits per heavy atom. The second kappa shape index (κ2) is 5.28. The Morgan fingerprint density at radius 1 is 1.15 bits per heavy atom. The monoisotopic (exact) mass is 277 g/mol. The average Bonchev–Trinajstić information content (AvgIpc) is 2.39. The molecule has 1 amide bonds. The summed E-state index contributed by atoms with van der Waals surface area (Å²) >= 11 is 0. The van der Waals surface area contributed by atoms with Crippen molar-refractivity contribution < 1.29 is 18.7 Å². The summed E-state index contributed by atoms with van der Waals surface area (Å²) in [6, 6.07) is 6.38. The van der Waals surface area contributed by atoms with E-state index in [1.807, 2.05) is 0 Å². The molecule has 0 aromatic heterocycles. The van der Waals surface area contributed by atoms with Crippen LogP contribution in [0.1, 0.15) is 21.5 Å². The van der Waals surface area contributed by atoms with E-state index < -0.39 is 17.5 Å². The van der Waals surface area contributed by atoms with E-state index in [-0.39, 0.29) is 22.6 Å². The fraction of sp³-hybridized carbons (Fsp3) is 0.133. The number of aryl methyl sites for hydroxylation is 1. The molecule has 5 heteroatoms. The number of rotatable bonds is 2. The van der Waals surface area contributed by atoms with Gasteiger partial charge < -0.3 is 10.4 Å². The SMILES string of the molecule is Cc1cc(F)c(NC(=O)c2cccc(O)c2C)cc1F. The zero-order valence-corrected chi connectivity index (χ0v) is 11.0. The van der Waals surface area contributed by atoms with Crippen molar-refractivity contribution in [3.05, 3.63) is 58.7 Å². The number of anilines is 1. The number of carbonyl (C=O) groups excluding carboxylic acids is 1. The number of nitrogens with one attached hydrogen (secondary N) is 1. The van der Waals surface area contributed by atoms with Crippen LogP contribution in [0.15, 0.2) is 30.3 Å². The number of halogens is 2. The van der Waals surface area contributed by atoms with Crippen LogP contribution in [0.2, 0.25) is 0 Å². The molecular weight excluding hydrogens is 264 g/mol. The third kappa shape index (κ3) is 2.61. The Bertz CT molecular complexity index is 684. The molecule has 3 nitrogen and oxygen atoms in total. The van der Waals surface area contributed by atoms with Crippen LogP contribution in [0.4, 0.5) is 14.5 Å². The van der Waals surface area contributed by atoms with E-state index in [9.17, 15) is 18.7 Å². The van der Waals surface area contributed by atoms with E-state index in [1.165, 1.54) is 25.1 Å². The van der Waals surface area contributed by atoms with Crippen molar-refractivity contribution in [3.8, 4) is 5.75 Å². The quantitative estimate of drug-likeness (QED) is 0.882. The number of amides is 1. The van der Waals surface area contributed by atoms with Crippen molar-refractivity contribution >= 4 is 11.6 Å². The molecule has 0 saturated carbocycles. The van der Waals surface area contributed by atoms with Crippen molar-refractivity contribution in [1.29, 1.82) is 0 Å². The Labute approximate surface area is 114 Å². The van der Waals surface area contributed by atoms with Crippen LogP contribution in [0.3, 0.4) is 0 Å². The van der Waals surface area contributed by atoms with Crippen LogP contribution in [-0.2, 0) is 0 Å². The van der Waals surface area contributed by atoms with Crippen LogP contribution in [0.5, 0.6) is 5.75 Å². The molecule has 0 aliphatic heterocycles. The summed E-state index contributed by atoms with van der Waals surface area (Å²) in [5.74, 6) is -1.96. The average molecular weight is 277 g/mol. The highest BCUT2D eigenvalue weighted by molar-refractivity contribution is 6.05. The van der Waals surface area contributed by atoms with Gasteiger partial charge in [-0.25, -0.2) is 8.78 Å². The van der Waals surface area contributed by atoms with Gasteiger partial charge in [0.2, 0.25) is 0 Å². The van der Waals surface area contributed by atoms with Crippen molar-refractivity contribution in [1.82, 2.24) is 0 Å². The Balaban J connectivity index is 2.33. The Morgan fingerprint density at radius 3 is 2.55 bits per heavy atom. The predicted molar refractivity (Wildman–Crippen MR) is 71.9 cm³/mol. The Hall–Kier alpha value is -2.43. The van der Waals surface area contributed by atoms with E-state index in [0.717, 1.165) is 12.1 Å². The van der Waals surface area contributed by atoms with Gasteiger partial charge in [0.15, 0.2) is 0 Å². The molecule has 0 radical (unpaired) electrons. The largest absolute Gasteiger partial charge is 0.508 e. The summed E-state index contributed by atoms with van der Waals surface area (Å²) in [6.45, 7) is 3.00. The molecule has 2 aromatic rings. The van der Waals surface area contributed by atoms with E-state index in [2.05, 4.69) is 5.32 Å². The maximum atomic E-state index is 13.7. The van der Waals surface area contributed by atoms with Crippen LogP contribution in [0.25, 0.3) is 0 Å². The molecule has 2 rings (SSSR count).